The Morgan fingerprint density at radius 1 is 1.55 bits per heavy atom. The van der Waals surface area contributed by atoms with Gasteiger partial charge in [-0.15, -0.1) is 4.52 Å². The molecule has 2 heterocycles. The summed E-state index contributed by atoms with van der Waals surface area (Å²) in [6.45, 7) is 1.58. The predicted octanol–water partition coefficient (Wildman–Crippen LogP) is -1.48. The van der Waals surface area contributed by atoms with Gasteiger partial charge in [-0.05, 0) is 17.4 Å². The fourth-order valence-electron chi connectivity index (χ4n) is 0.729. The monoisotopic (exact) mass is 152 g/mol. The first-order valence-corrected chi connectivity index (χ1v) is 2.92. The molecule has 0 aliphatic rings. The maximum Gasteiger partial charge on any atom is 0.298 e. The van der Waals surface area contributed by atoms with Crippen molar-refractivity contribution < 1.29 is 0 Å². The third kappa shape index (κ3) is 0.704. The first-order valence-electron chi connectivity index (χ1n) is 2.92. The molecule has 1 N–H and O–H groups in total. The van der Waals surface area contributed by atoms with Crippen molar-refractivity contribution in [1.29, 1.82) is 0 Å². The molecule has 2 rings (SSSR count). The van der Waals surface area contributed by atoms with E-state index in [1.807, 2.05) is 0 Å². The molecule has 56 valence electrons. The fourth-order valence-corrected chi connectivity index (χ4v) is 0.729. The minimum atomic E-state index is -0.302. The summed E-state index contributed by atoms with van der Waals surface area (Å²) in [7, 11) is 0. The van der Waals surface area contributed by atoms with Crippen molar-refractivity contribution in [3.63, 3.8) is 0 Å². The first kappa shape index (κ1) is 5.96. The number of rotatable bonds is 0. The van der Waals surface area contributed by atoms with Crippen molar-refractivity contribution in [3.8, 4) is 0 Å². The van der Waals surface area contributed by atoms with Crippen molar-refractivity contribution in [2.75, 3.05) is 0 Å². The second kappa shape index (κ2) is 1.84. The number of nitrogens with zero attached hydrogens (tertiary/aromatic N) is 5. The lowest BCUT2D eigenvalue weighted by Gasteiger charge is -1.88. The third-order valence-electron chi connectivity index (χ3n) is 1.29. The number of aryl methyl sites for hydroxylation is 1. The lowest BCUT2D eigenvalue weighted by molar-refractivity contribution is 0.774. The number of nitrogens with one attached hydrogen (secondary N) is 1. The Bertz CT molecular complexity index is 441. The molecule has 0 bridgehead atoms. The summed E-state index contributed by atoms with van der Waals surface area (Å²) in [5.74, 6) is 0.251. The highest BCUT2D eigenvalue weighted by Crippen LogP contribution is 1.82. The number of aromatic nitrogens is 6. The van der Waals surface area contributed by atoms with Crippen molar-refractivity contribution in [2.24, 2.45) is 0 Å². The third-order valence-corrected chi connectivity index (χ3v) is 1.29. The lowest BCUT2D eigenvalue weighted by atomic mass is 10.5. The molecule has 0 aliphatic heterocycles. The van der Waals surface area contributed by atoms with E-state index in [-0.39, 0.29) is 11.3 Å². The Hall–Kier alpha value is -1.79. The molecule has 0 radical (unpaired) electrons. The van der Waals surface area contributed by atoms with Crippen molar-refractivity contribution in [2.45, 2.75) is 6.92 Å². The van der Waals surface area contributed by atoms with E-state index in [1.54, 1.807) is 6.92 Å². The van der Waals surface area contributed by atoms with E-state index in [4.69, 9.17) is 0 Å². The highest BCUT2D eigenvalue weighted by Gasteiger charge is 2.02. The van der Waals surface area contributed by atoms with Gasteiger partial charge in [-0.3, -0.25) is 4.79 Å². The molecule has 0 aliphatic carbocycles. The number of tetrazole rings is 1. The van der Waals surface area contributed by atoms with E-state index in [0.29, 0.717) is 5.69 Å². The summed E-state index contributed by atoms with van der Waals surface area (Å²) in [5, 5.41) is 16.4. The largest absolute Gasteiger partial charge is 0.298 e. The van der Waals surface area contributed by atoms with Gasteiger partial charge in [0, 0.05) is 0 Å². The van der Waals surface area contributed by atoms with Gasteiger partial charge >= 0.3 is 0 Å². The predicted molar refractivity (Wildman–Crippen MR) is 33.9 cm³/mol. The fraction of sp³-hybridized carbons (Fsp3) is 0.250. The average molecular weight is 152 g/mol. The molecule has 0 fully saturated rings. The molecule has 0 amide bonds. The first-order chi connectivity index (χ1) is 5.29. The molecule has 2 aromatic heterocycles. The van der Waals surface area contributed by atoms with Gasteiger partial charge in [0.1, 0.15) is 5.69 Å². The van der Waals surface area contributed by atoms with Crippen LogP contribution < -0.4 is 5.56 Å². The standard InChI is InChI=1S/C4H4N6O/c1-2-3(11)10-4(6-5-2)7-8-9-10/h1H3,(H,6,7,9). The van der Waals surface area contributed by atoms with Gasteiger partial charge < -0.3 is 0 Å². The van der Waals surface area contributed by atoms with Gasteiger partial charge in [-0.25, -0.2) is 5.10 Å². The minimum Gasteiger partial charge on any atom is -0.265 e. The smallest absolute Gasteiger partial charge is 0.265 e. The zero-order valence-corrected chi connectivity index (χ0v) is 5.64. The Morgan fingerprint density at radius 2 is 2.36 bits per heavy atom. The van der Waals surface area contributed by atoms with Gasteiger partial charge in [0.15, 0.2) is 0 Å². The van der Waals surface area contributed by atoms with E-state index in [1.165, 1.54) is 0 Å². The molecule has 7 heteroatoms. The molecule has 7 nitrogen and oxygen atoms in total. The van der Waals surface area contributed by atoms with Crippen LogP contribution in [-0.2, 0) is 0 Å². The highest BCUT2D eigenvalue weighted by molar-refractivity contribution is 5.19. The van der Waals surface area contributed by atoms with Gasteiger partial charge in [0.2, 0.25) is 0 Å². The normalized spacial score (nSPS) is 10.6. The maximum absolute atomic E-state index is 11.1. The summed E-state index contributed by atoms with van der Waals surface area (Å²) in [4.78, 5) is 11.1. The molecule has 0 aromatic carbocycles. The zero-order chi connectivity index (χ0) is 7.84. The van der Waals surface area contributed by atoms with E-state index in [2.05, 4.69) is 25.7 Å². The van der Waals surface area contributed by atoms with Crippen molar-refractivity contribution >= 4 is 5.78 Å². The Labute approximate surface area is 60.0 Å². The second-order valence-electron chi connectivity index (χ2n) is 2.03. The van der Waals surface area contributed by atoms with Gasteiger partial charge in [-0.1, -0.05) is 5.10 Å². The maximum atomic E-state index is 11.1. The van der Waals surface area contributed by atoms with E-state index in [9.17, 15) is 4.79 Å². The van der Waals surface area contributed by atoms with Crippen LogP contribution in [0.5, 0.6) is 0 Å². The molecule has 2 aromatic rings. The van der Waals surface area contributed by atoms with Crippen LogP contribution >= 0.6 is 0 Å². The SMILES string of the molecule is Cc1n[nH]c2nnnn2c1=O. The molecule has 0 spiro atoms. The Balaban J connectivity index is 3.05. The van der Waals surface area contributed by atoms with E-state index in [0.717, 1.165) is 4.52 Å². The van der Waals surface area contributed by atoms with Crippen LogP contribution in [0.1, 0.15) is 5.69 Å². The van der Waals surface area contributed by atoms with Crippen molar-refractivity contribution in [3.05, 3.63) is 16.0 Å². The highest BCUT2D eigenvalue weighted by atomic mass is 16.1. The Morgan fingerprint density at radius 3 is 3.18 bits per heavy atom. The Kier molecular flexibility index (Phi) is 0.999. The average Bonchev–Trinajstić information content (AvgIpc) is 2.45. The van der Waals surface area contributed by atoms with Crippen LogP contribution in [0, 0.1) is 6.92 Å². The van der Waals surface area contributed by atoms with Gasteiger partial charge in [0.25, 0.3) is 11.3 Å². The van der Waals surface area contributed by atoms with Crippen LogP contribution in [0.3, 0.4) is 0 Å². The van der Waals surface area contributed by atoms with Crippen molar-refractivity contribution in [1.82, 2.24) is 30.2 Å². The van der Waals surface area contributed by atoms with E-state index < -0.39 is 0 Å². The summed E-state index contributed by atoms with van der Waals surface area (Å²) >= 11 is 0. The van der Waals surface area contributed by atoms with Crippen LogP contribution in [0.25, 0.3) is 5.78 Å². The molecular weight excluding hydrogens is 148 g/mol. The minimum absolute atomic E-state index is 0.251. The second-order valence-corrected chi connectivity index (χ2v) is 2.03. The molecular formula is C4H4N6O. The summed E-state index contributed by atoms with van der Waals surface area (Å²) in [6, 6.07) is 0. The van der Waals surface area contributed by atoms with Gasteiger partial charge in [0.05, 0.1) is 0 Å². The number of fused-ring (bicyclic) bond motifs is 1. The molecule has 0 unspecified atom stereocenters. The summed E-state index contributed by atoms with van der Waals surface area (Å²) in [6.07, 6.45) is 0. The van der Waals surface area contributed by atoms with Crippen LogP contribution in [0.4, 0.5) is 0 Å². The molecule has 0 atom stereocenters. The van der Waals surface area contributed by atoms with Crippen LogP contribution in [0.2, 0.25) is 0 Å². The summed E-state index contributed by atoms with van der Waals surface area (Å²) < 4.78 is 1.06. The zero-order valence-electron chi connectivity index (χ0n) is 5.64. The van der Waals surface area contributed by atoms with Gasteiger partial charge in [-0.2, -0.15) is 5.10 Å². The molecule has 11 heavy (non-hydrogen) atoms. The summed E-state index contributed by atoms with van der Waals surface area (Å²) in [5.41, 5.74) is 0.0357. The van der Waals surface area contributed by atoms with E-state index >= 15 is 0 Å². The number of aromatic amines is 1. The number of hydrogen-bond acceptors (Lipinski definition) is 5. The quantitative estimate of drug-likeness (QED) is 0.497. The number of H-pyrrole nitrogens is 1. The topological polar surface area (TPSA) is 88.8 Å². The van der Waals surface area contributed by atoms with Crippen LogP contribution in [-0.4, -0.2) is 30.2 Å². The molecule has 0 saturated carbocycles. The number of hydrogen-bond donors (Lipinski definition) is 1. The van der Waals surface area contributed by atoms with Crippen LogP contribution in [0.15, 0.2) is 4.79 Å². The lowest BCUT2D eigenvalue weighted by Crippen LogP contribution is -2.19. The molecule has 0 saturated heterocycles.